The molecule has 1 aromatic carbocycles. The molecule has 2 aliphatic rings. The molecule has 0 radical (unpaired) electrons. The molecule has 1 amide bonds. The molecule has 2 fully saturated rings. The van der Waals surface area contributed by atoms with Crippen LogP contribution in [-0.4, -0.2) is 49.6 Å². The van der Waals surface area contributed by atoms with Crippen LogP contribution in [0.1, 0.15) is 36.0 Å². The number of halogens is 2. The number of likely N-dealkylation sites (tertiary alicyclic amines) is 1. The van der Waals surface area contributed by atoms with Crippen LogP contribution in [0.15, 0.2) is 24.3 Å². The smallest absolute Gasteiger partial charge is 0.251 e. The second-order valence-corrected chi connectivity index (χ2v) is 6.75. The van der Waals surface area contributed by atoms with Gasteiger partial charge < -0.3 is 15.5 Å². The minimum absolute atomic E-state index is 0. The zero-order valence-electron chi connectivity index (χ0n) is 14.0. The summed E-state index contributed by atoms with van der Waals surface area (Å²) in [6.07, 6.45) is 4.55. The first-order chi connectivity index (χ1) is 11.2. The molecule has 0 unspecified atom stereocenters. The maximum absolute atomic E-state index is 12.9. The van der Waals surface area contributed by atoms with Gasteiger partial charge in [0.25, 0.3) is 5.91 Å². The summed E-state index contributed by atoms with van der Waals surface area (Å²) in [5.74, 6) is 0.413. The number of hydrogen-bond donors (Lipinski definition) is 2. The predicted molar refractivity (Wildman–Crippen MR) is 96.2 cm³/mol. The van der Waals surface area contributed by atoms with Gasteiger partial charge in [-0.15, -0.1) is 12.4 Å². The van der Waals surface area contributed by atoms with E-state index in [-0.39, 0.29) is 30.2 Å². The molecule has 0 aliphatic carbocycles. The molecule has 0 atom stereocenters. The third-order valence-corrected chi connectivity index (χ3v) is 5.00. The van der Waals surface area contributed by atoms with E-state index in [4.69, 9.17) is 0 Å². The number of amides is 1. The summed E-state index contributed by atoms with van der Waals surface area (Å²) in [5, 5.41) is 6.49. The first kappa shape index (κ1) is 19.2. The summed E-state index contributed by atoms with van der Waals surface area (Å²) in [5.41, 5.74) is 0.531. The van der Waals surface area contributed by atoms with Crippen LogP contribution >= 0.6 is 12.4 Å². The van der Waals surface area contributed by atoms with Gasteiger partial charge in [0.05, 0.1) is 0 Å². The Kier molecular flexibility index (Phi) is 7.46. The van der Waals surface area contributed by atoms with Gasteiger partial charge in [0.1, 0.15) is 5.82 Å². The topological polar surface area (TPSA) is 44.4 Å². The second-order valence-electron chi connectivity index (χ2n) is 6.75. The average molecular weight is 356 g/mol. The molecule has 134 valence electrons. The Labute approximate surface area is 149 Å². The molecule has 3 rings (SSSR count). The van der Waals surface area contributed by atoms with Crippen molar-refractivity contribution < 1.29 is 9.18 Å². The minimum atomic E-state index is -0.312. The highest BCUT2D eigenvalue weighted by Crippen LogP contribution is 2.17. The predicted octanol–water partition coefficient (Wildman–Crippen LogP) is 2.44. The Hall–Kier alpha value is -1.17. The number of piperidine rings is 2. The van der Waals surface area contributed by atoms with E-state index in [1.165, 1.54) is 43.7 Å². The summed E-state index contributed by atoms with van der Waals surface area (Å²) < 4.78 is 12.9. The zero-order valence-corrected chi connectivity index (χ0v) is 14.8. The Bertz CT molecular complexity index is 512. The number of carbonyl (C=O) groups excluding carboxylic acids is 1. The Morgan fingerprint density at radius 1 is 1.12 bits per heavy atom. The number of carbonyl (C=O) groups is 1. The molecular weight excluding hydrogens is 329 g/mol. The zero-order chi connectivity index (χ0) is 16.1. The quantitative estimate of drug-likeness (QED) is 0.872. The Morgan fingerprint density at radius 3 is 2.38 bits per heavy atom. The van der Waals surface area contributed by atoms with E-state index < -0.39 is 0 Å². The first-order valence-electron chi connectivity index (χ1n) is 8.70. The monoisotopic (exact) mass is 355 g/mol. The fourth-order valence-electron chi connectivity index (χ4n) is 3.56. The van der Waals surface area contributed by atoms with Crippen molar-refractivity contribution in [2.75, 3.05) is 32.7 Å². The van der Waals surface area contributed by atoms with Gasteiger partial charge in [-0.2, -0.15) is 0 Å². The van der Waals surface area contributed by atoms with Crippen molar-refractivity contribution in [3.05, 3.63) is 35.6 Å². The lowest BCUT2D eigenvalue weighted by molar-refractivity contribution is 0.0902. The van der Waals surface area contributed by atoms with Crippen molar-refractivity contribution in [1.29, 1.82) is 0 Å². The lowest BCUT2D eigenvalue weighted by Gasteiger charge is -2.35. The van der Waals surface area contributed by atoms with Crippen LogP contribution in [0.2, 0.25) is 0 Å². The lowest BCUT2D eigenvalue weighted by Crippen LogP contribution is -2.46. The van der Waals surface area contributed by atoms with Crippen LogP contribution in [0.3, 0.4) is 0 Å². The van der Waals surface area contributed by atoms with E-state index in [0.29, 0.717) is 5.56 Å². The molecule has 1 aromatic rings. The van der Waals surface area contributed by atoms with Crippen LogP contribution in [0.4, 0.5) is 4.39 Å². The van der Waals surface area contributed by atoms with Gasteiger partial charge in [-0.05, 0) is 69.0 Å². The molecule has 2 aliphatic heterocycles. The van der Waals surface area contributed by atoms with Crippen LogP contribution in [0, 0.1) is 11.7 Å². The maximum Gasteiger partial charge on any atom is 0.251 e. The second kappa shape index (κ2) is 9.35. The van der Waals surface area contributed by atoms with E-state index in [2.05, 4.69) is 15.5 Å². The van der Waals surface area contributed by atoms with Crippen molar-refractivity contribution in [3.63, 3.8) is 0 Å². The van der Waals surface area contributed by atoms with E-state index in [9.17, 15) is 9.18 Å². The number of hydrogen-bond acceptors (Lipinski definition) is 3. The SMILES string of the molecule is Cl.O=C(NC1CCN(CC2CCNCC2)CC1)c1ccc(F)cc1. The molecule has 0 spiro atoms. The molecule has 0 bridgehead atoms. The average Bonchev–Trinajstić information content (AvgIpc) is 2.58. The van der Waals surface area contributed by atoms with Crippen molar-refractivity contribution in [2.45, 2.75) is 31.7 Å². The molecule has 0 aromatic heterocycles. The molecule has 24 heavy (non-hydrogen) atoms. The van der Waals surface area contributed by atoms with Crippen molar-refractivity contribution in [1.82, 2.24) is 15.5 Å². The Balaban J connectivity index is 0.00000208. The number of nitrogens with one attached hydrogen (secondary N) is 2. The van der Waals surface area contributed by atoms with Gasteiger partial charge >= 0.3 is 0 Å². The van der Waals surface area contributed by atoms with Crippen molar-refractivity contribution in [2.24, 2.45) is 5.92 Å². The van der Waals surface area contributed by atoms with E-state index >= 15 is 0 Å². The summed E-state index contributed by atoms with van der Waals surface area (Å²) in [6.45, 7) is 5.60. The number of nitrogens with zero attached hydrogens (tertiary/aromatic N) is 1. The van der Waals surface area contributed by atoms with E-state index in [0.717, 1.165) is 44.9 Å². The fraction of sp³-hybridized carbons (Fsp3) is 0.611. The fourth-order valence-corrected chi connectivity index (χ4v) is 3.56. The lowest BCUT2D eigenvalue weighted by atomic mass is 9.96. The maximum atomic E-state index is 12.9. The van der Waals surface area contributed by atoms with Crippen molar-refractivity contribution in [3.8, 4) is 0 Å². The van der Waals surface area contributed by atoms with Crippen molar-refractivity contribution >= 4 is 18.3 Å². The molecule has 4 nitrogen and oxygen atoms in total. The largest absolute Gasteiger partial charge is 0.349 e. The normalized spacial score (nSPS) is 20.4. The molecule has 2 N–H and O–H groups in total. The van der Waals surface area contributed by atoms with Gasteiger partial charge in [0.15, 0.2) is 0 Å². The van der Waals surface area contributed by atoms with Gasteiger partial charge in [-0.25, -0.2) is 4.39 Å². The first-order valence-corrected chi connectivity index (χ1v) is 8.70. The van der Waals surface area contributed by atoms with Crippen LogP contribution in [0.5, 0.6) is 0 Å². The number of benzene rings is 1. The third kappa shape index (κ3) is 5.43. The van der Waals surface area contributed by atoms with Gasteiger partial charge in [-0.1, -0.05) is 0 Å². The standard InChI is InChI=1S/C18H26FN3O.ClH/c19-16-3-1-15(2-4-16)18(23)21-17-7-11-22(12-8-17)13-14-5-9-20-10-6-14;/h1-4,14,17,20H,5-13H2,(H,21,23);1H. The molecule has 0 saturated carbocycles. The van der Waals surface area contributed by atoms with Crippen LogP contribution in [0.25, 0.3) is 0 Å². The van der Waals surface area contributed by atoms with E-state index in [1.807, 2.05) is 0 Å². The highest BCUT2D eigenvalue weighted by molar-refractivity contribution is 5.94. The highest BCUT2D eigenvalue weighted by atomic mass is 35.5. The summed E-state index contributed by atoms with van der Waals surface area (Å²) in [4.78, 5) is 14.7. The molecular formula is C18H27ClFN3O. The van der Waals surface area contributed by atoms with Crippen LogP contribution in [-0.2, 0) is 0 Å². The minimum Gasteiger partial charge on any atom is -0.349 e. The third-order valence-electron chi connectivity index (χ3n) is 5.00. The van der Waals surface area contributed by atoms with Gasteiger partial charge in [0.2, 0.25) is 0 Å². The summed E-state index contributed by atoms with van der Waals surface area (Å²) in [7, 11) is 0. The van der Waals surface area contributed by atoms with E-state index in [1.54, 1.807) is 0 Å². The van der Waals surface area contributed by atoms with Crippen LogP contribution < -0.4 is 10.6 Å². The number of rotatable bonds is 4. The van der Waals surface area contributed by atoms with Gasteiger partial charge in [0, 0.05) is 31.2 Å². The highest BCUT2D eigenvalue weighted by Gasteiger charge is 2.23. The Morgan fingerprint density at radius 2 is 1.75 bits per heavy atom. The molecule has 6 heteroatoms. The molecule has 2 heterocycles. The summed E-state index contributed by atoms with van der Waals surface area (Å²) in [6, 6.07) is 5.97. The summed E-state index contributed by atoms with van der Waals surface area (Å²) >= 11 is 0. The molecule has 2 saturated heterocycles. The van der Waals surface area contributed by atoms with Gasteiger partial charge in [-0.3, -0.25) is 4.79 Å².